The fraction of sp³-hybridized carbons (Fsp3) is 0.417. The normalized spacial score (nSPS) is 19.5. The van der Waals surface area contributed by atoms with E-state index < -0.39 is 6.04 Å². The van der Waals surface area contributed by atoms with E-state index in [4.69, 9.17) is 5.73 Å². The van der Waals surface area contributed by atoms with Crippen molar-refractivity contribution in [3.63, 3.8) is 0 Å². The van der Waals surface area contributed by atoms with Gasteiger partial charge in [0.15, 0.2) is 0 Å². The number of nitrogens with zero attached hydrogens (tertiary/aromatic N) is 2. The zero-order chi connectivity index (χ0) is 13.1. The molecule has 2 rings (SSSR count). The van der Waals surface area contributed by atoms with Gasteiger partial charge in [-0.05, 0) is 18.6 Å². The number of piperazine rings is 1. The van der Waals surface area contributed by atoms with Gasteiger partial charge in [0.05, 0.1) is 5.56 Å². The zero-order valence-electron chi connectivity index (χ0n) is 10.2. The average molecular weight is 248 g/mol. The molecule has 0 radical (unpaired) electrons. The van der Waals surface area contributed by atoms with E-state index in [9.17, 15) is 9.59 Å². The SMILES string of the molecule is CCC1C(=O)NCCN1C(=O)c1cccnc1N. The third kappa shape index (κ3) is 2.13. The summed E-state index contributed by atoms with van der Waals surface area (Å²) in [5, 5.41) is 2.75. The van der Waals surface area contributed by atoms with Crippen LogP contribution in [0.25, 0.3) is 0 Å². The first-order valence-corrected chi connectivity index (χ1v) is 5.94. The molecule has 0 spiro atoms. The summed E-state index contributed by atoms with van der Waals surface area (Å²) in [6.45, 7) is 2.85. The topological polar surface area (TPSA) is 88.3 Å². The lowest BCUT2D eigenvalue weighted by atomic mass is 10.1. The number of hydrogen-bond donors (Lipinski definition) is 2. The Kier molecular flexibility index (Phi) is 3.45. The number of amides is 2. The van der Waals surface area contributed by atoms with Crippen LogP contribution in [0.2, 0.25) is 0 Å². The van der Waals surface area contributed by atoms with Crippen molar-refractivity contribution in [1.82, 2.24) is 15.2 Å². The molecule has 2 amide bonds. The molecule has 6 nitrogen and oxygen atoms in total. The molecular weight excluding hydrogens is 232 g/mol. The number of rotatable bonds is 2. The van der Waals surface area contributed by atoms with Crippen LogP contribution in [0, 0.1) is 0 Å². The maximum Gasteiger partial charge on any atom is 0.258 e. The van der Waals surface area contributed by atoms with Crippen LogP contribution in [0.4, 0.5) is 5.82 Å². The monoisotopic (exact) mass is 248 g/mol. The number of nitrogens with two attached hydrogens (primary N) is 1. The van der Waals surface area contributed by atoms with E-state index in [-0.39, 0.29) is 17.6 Å². The molecule has 2 heterocycles. The smallest absolute Gasteiger partial charge is 0.258 e. The van der Waals surface area contributed by atoms with E-state index in [0.29, 0.717) is 25.1 Å². The fourth-order valence-electron chi connectivity index (χ4n) is 2.12. The van der Waals surface area contributed by atoms with Crippen LogP contribution in [-0.2, 0) is 4.79 Å². The molecule has 0 saturated carbocycles. The molecule has 18 heavy (non-hydrogen) atoms. The zero-order valence-corrected chi connectivity index (χ0v) is 10.2. The summed E-state index contributed by atoms with van der Waals surface area (Å²) < 4.78 is 0. The van der Waals surface area contributed by atoms with E-state index in [2.05, 4.69) is 10.3 Å². The van der Waals surface area contributed by atoms with Gasteiger partial charge in [0.2, 0.25) is 5.91 Å². The van der Waals surface area contributed by atoms with E-state index in [0.717, 1.165) is 0 Å². The van der Waals surface area contributed by atoms with Gasteiger partial charge in [-0.25, -0.2) is 4.98 Å². The fourth-order valence-corrected chi connectivity index (χ4v) is 2.12. The van der Waals surface area contributed by atoms with Crippen molar-refractivity contribution >= 4 is 17.6 Å². The van der Waals surface area contributed by atoms with Crippen molar-refractivity contribution in [2.24, 2.45) is 0 Å². The molecule has 1 aliphatic rings. The quantitative estimate of drug-likeness (QED) is 0.772. The van der Waals surface area contributed by atoms with Crippen LogP contribution >= 0.6 is 0 Å². The van der Waals surface area contributed by atoms with Gasteiger partial charge in [-0.2, -0.15) is 0 Å². The summed E-state index contributed by atoms with van der Waals surface area (Å²) in [4.78, 5) is 29.5. The van der Waals surface area contributed by atoms with Crippen LogP contribution in [0.3, 0.4) is 0 Å². The maximum atomic E-state index is 12.4. The molecule has 0 aliphatic carbocycles. The number of nitrogens with one attached hydrogen (secondary N) is 1. The highest BCUT2D eigenvalue weighted by Crippen LogP contribution is 2.16. The van der Waals surface area contributed by atoms with Crippen LogP contribution in [-0.4, -0.2) is 40.8 Å². The van der Waals surface area contributed by atoms with E-state index in [1.165, 1.54) is 6.20 Å². The minimum absolute atomic E-state index is 0.112. The highest BCUT2D eigenvalue weighted by atomic mass is 16.2. The molecule has 0 bridgehead atoms. The van der Waals surface area contributed by atoms with Gasteiger partial charge in [0.25, 0.3) is 5.91 Å². The van der Waals surface area contributed by atoms with Crippen molar-refractivity contribution in [2.45, 2.75) is 19.4 Å². The number of pyridine rings is 1. The van der Waals surface area contributed by atoms with Gasteiger partial charge in [-0.3, -0.25) is 9.59 Å². The Hall–Kier alpha value is -2.11. The second-order valence-electron chi connectivity index (χ2n) is 4.15. The van der Waals surface area contributed by atoms with Crippen molar-refractivity contribution in [3.8, 4) is 0 Å². The lowest BCUT2D eigenvalue weighted by Gasteiger charge is -2.34. The number of carbonyl (C=O) groups excluding carboxylic acids is 2. The summed E-state index contributed by atoms with van der Waals surface area (Å²) in [6, 6.07) is 2.87. The molecule has 1 saturated heterocycles. The van der Waals surface area contributed by atoms with Gasteiger partial charge < -0.3 is 16.0 Å². The summed E-state index contributed by atoms with van der Waals surface area (Å²) in [5.41, 5.74) is 6.04. The molecular formula is C12H16N4O2. The van der Waals surface area contributed by atoms with Crippen LogP contribution < -0.4 is 11.1 Å². The second-order valence-corrected chi connectivity index (χ2v) is 4.15. The number of aromatic nitrogens is 1. The molecule has 1 atom stereocenters. The Labute approximate surface area is 105 Å². The molecule has 1 aromatic rings. The summed E-state index contributed by atoms with van der Waals surface area (Å²) in [7, 11) is 0. The van der Waals surface area contributed by atoms with Gasteiger partial charge in [0, 0.05) is 19.3 Å². The molecule has 1 aromatic heterocycles. The summed E-state index contributed by atoms with van der Waals surface area (Å²) >= 11 is 0. The number of anilines is 1. The predicted molar refractivity (Wildman–Crippen MR) is 66.8 cm³/mol. The van der Waals surface area contributed by atoms with Crippen molar-refractivity contribution in [1.29, 1.82) is 0 Å². The average Bonchev–Trinajstić information content (AvgIpc) is 2.38. The highest BCUT2D eigenvalue weighted by Gasteiger charge is 2.32. The number of carbonyl (C=O) groups is 2. The van der Waals surface area contributed by atoms with Crippen LogP contribution in [0.1, 0.15) is 23.7 Å². The van der Waals surface area contributed by atoms with Crippen molar-refractivity contribution in [2.75, 3.05) is 18.8 Å². The number of hydrogen-bond acceptors (Lipinski definition) is 4. The van der Waals surface area contributed by atoms with E-state index in [1.54, 1.807) is 17.0 Å². The minimum Gasteiger partial charge on any atom is -0.383 e. The predicted octanol–water partition coefficient (Wildman–Crippen LogP) is 0.0144. The molecule has 1 aliphatic heterocycles. The maximum absolute atomic E-state index is 12.4. The first-order chi connectivity index (χ1) is 8.65. The highest BCUT2D eigenvalue weighted by molar-refractivity contribution is 6.01. The van der Waals surface area contributed by atoms with Gasteiger partial charge >= 0.3 is 0 Å². The van der Waals surface area contributed by atoms with Crippen LogP contribution in [0.5, 0.6) is 0 Å². The third-order valence-electron chi connectivity index (χ3n) is 3.05. The Morgan fingerprint density at radius 1 is 1.67 bits per heavy atom. The largest absolute Gasteiger partial charge is 0.383 e. The first kappa shape index (κ1) is 12.3. The second kappa shape index (κ2) is 5.03. The minimum atomic E-state index is -0.425. The Morgan fingerprint density at radius 2 is 2.44 bits per heavy atom. The lowest BCUT2D eigenvalue weighted by Crippen LogP contribution is -2.57. The van der Waals surface area contributed by atoms with Gasteiger partial charge in [-0.15, -0.1) is 0 Å². The Balaban J connectivity index is 2.27. The molecule has 96 valence electrons. The van der Waals surface area contributed by atoms with Gasteiger partial charge in [-0.1, -0.05) is 6.92 Å². The van der Waals surface area contributed by atoms with E-state index >= 15 is 0 Å². The molecule has 3 N–H and O–H groups in total. The Morgan fingerprint density at radius 3 is 3.11 bits per heavy atom. The molecule has 1 unspecified atom stereocenters. The van der Waals surface area contributed by atoms with Crippen LogP contribution in [0.15, 0.2) is 18.3 Å². The first-order valence-electron chi connectivity index (χ1n) is 5.94. The van der Waals surface area contributed by atoms with Crippen molar-refractivity contribution in [3.05, 3.63) is 23.9 Å². The molecule has 0 aromatic carbocycles. The van der Waals surface area contributed by atoms with Crippen molar-refractivity contribution < 1.29 is 9.59 Å². The summed E-state index contributed by atoms with van der Waals surface area (Å²) in [5.74, 6) is -0.148. The molecule has 1 fully saturated rings. The lowest BCUT2D eigenvalue weighted by molar-refractivity contribution is -0.127. The summed E-state index contributed by atoms with van der Waals surface area (Å²) in [6.07, 6.45) is 2.12. The number of nitrogen functional groups attached to an aromatic ring is 1. The standard InChI is InChI=1S/C12H16N4O2/c1-2-9-11(17)15-6-7-16(9)12(18)8-4-3-5-14-10(8)13/h3-5,9H,2,6-7H2,1H3,(H2,13,14)(H,15,17). The third-order valence-corrected chi connectivity index (χ3v) is 3.05. The Bertz CT molecular complexity index is 475. The molecule has 6 heteroatoms. The van der Waals surface area contributed by atoms with E-state index in [1.807, 2.05) is 6.92 Å². The van der Waals surface area contributed by atoms with Gasteiger partial charge in [0.1, 0.15) is 11.9 Å².